The van der Waals surface area contributed by atoms with Crippen LogP contribution in [0.2, 0.25) is 5.02 Å². The first-order valence-electron chi connectivity index (χ1n) is 14.8. The smallest absolute Gasteiger partial charge is 0.418 e. The molecular formula is C33H26ClF3N6O5S. The van der Waals surface area contributed by atoms with Gasteiger partial charge in [0, 0.05) is 47.4 Å². The summed E-state index contributed by atoms with van der Waals surface area (Å²) < 4.78 is 51.0. The highest BCUT2D eigenvalue weighted by atomic mass is 35.5. The molecule has 49 heavy (non-hydrogen) atoms. The van der Waals surface area contributed by atoms with Gasteiger partial charge in [0.1, 0.15) is 24.3 Å². The van der Waals surface area contributed by atoms with Gasteiger partial charge in [0.05, 0.1) is 56.6 Å². The number of hydrogen-bond acceptors (Lipinski definition) is 9. The molecule has 1 fully saturated rings. The lowest BCUT2D eigenvalue weighted by Crippen LogP contribution is -2.49. The summed E-state index contributed by atoms with van der Waals surface area (Å²) in [6, 6.07) is 9.25. The predicted octanol–water partition coefficient (Wildman–Crippen LogP) is 5.89. The van der Waals surface area contributed by atoms with Crippen molar-refractivity contribution >= 4 is 61.6 Å². The van der Waals surface area contributed by atoms with E-state index in [9.17, 15) is 37.9 Å². The second kappa shape index (κ2) is 12.7. The number of fused-ring (bicyclic) bond motifs is 2. The number of carbonyl (C=O) groups is 2. The van der Waals surface area contributed by atoms with Gasteiger partial charge in [-0.15, -0.1) is 11.3 Å². The minimum atomic E-state index is -4.90. The molecule has 4 heterocycles. The second-order valence-electron chi connectivity index (χ2n) is 11.4. The van der Waals surface area contributed by atoms with Crippen LogP contribution in [0.25, 0.3) is 32.2 Å². The SMILES string of the molecule is Cc1cc(-c2cc(Cl)ccc2OCCn2c(C)nc3cc(C(F)(F)F)c(N4CCN(C)C(=O)C4)c(C#N)c3c2=O)c2scc(C(=O)O)c2n1. The van der Waals surface area contributed by atoms with Gasteiger partial charge in [-0.1, -0.05) is 11.6 Å². The Morgan fingerprint density at radius 3 is 2.57 bits per heavy atom. The molecular weight excluding hydrogens is 685 g/mol. The monoisotopic (exact) mass is 710 g/mol. The summed E-state index contributed by atoms with van der Waals surface area (Å²) in [5, 5.41) is 21.4. The van der Waals surface area contributed by atoms with E-state index in [4.69, 9.17) is 16.3 Å². The van der Waals surface area contributed by atoms with Crippen LogP contribution in [0.4, 0.5) is 18.9 Å². The van der Waals surface area contributed by atoms with E-state index in [0.29, 0.717) is 37.8 Å². The molecule has 16 heteroatoms. The highest BCUT2D eigenvalue weighted by Gasteiger charge is 2.39. The number of carboxylic acid groups (broad SMARTS) is 1. The van der Waals surface area contributed by atoms with Crippen molar-refractivity contribution in [1.29, 1.82) is 5.26 Å². The highest BCUT2D eigenvalue weighted by molar-refractivity contribution is 7.18. The lowest BCUT2D eigenvalue weighted by Gasteiger charge is -2.35. The topological polar surface area (TPSA) is 142 Å². The Morgan fingerprint density at radius 2 is 1.90 bits per heavy atom. The van der Waals surface area contributed by atoms with E-state index in [1.807, 2.05) is 0 Å². The van der Waals surface area contributed by atoms with Crippen LogP contribution in [0.15, 0.2) is 40.5 Å². The minimum Gasteiger partial charge on any atom is -0.491 e. The summed E-state index contributed by atoms with van der Waals surface area (Å²) in [5.41, 5.74) is -1.06. The third-order valence-corrected chi connectivity index (χ3v) is 9.52. The molecule has 252 valence electrons. The number of rotatable bonds is 7. The molecule has 11 nitrogen and oxygen atoms in total. The zero-order valence-electron chi connectivity index (χ0n) is 26.2. The van der Waals surface area contributed by atoms with Crippen LogP contribution in [-0.2, 0) is 17.5 Å². The largest absolute Gasteiger partial charge is 0.491 e. The minimum absolute atomic E-state index is 0.0304. The Balaban J connectivity index is 1.39. The van der Waals surface area contributed by atoms with Gasteiger partial charge in [-0.05, 0) is 44.2 Å². The third-order valence-electron chi connectivity index (χ3n) is 8.29. The quantitative estimate of drug-likeness (QED) is 0.219. The Labute approximate surface area is 285 Å². The number of aromatic nitrogens is 3. The number of benzene rings is 2. The summed E-state index contributed by atoms with van der Waals surface area (Å²) in [6.07, 6.45) is -4.90. The first-order chi connectivity index (χ1) is 23.2. The number of hydrogen-bond donors (Lipinski definition) is 1. The zero-order chi connectivity index (χ0) is 35.4. The highest BCUT2D eigenvalue weighted by Crippen LogP contribution is 2.42. The number of nitrogens with zero attached hydrogens (tertiary/aromatic N) is 6. The van der Waals surface area contributed by atoms with E-state index in [0.717, 1.165) is 6.07 Å². The standard InChI is InChI=1S/C33H26ClF3N6O5S/c1-16-10-20(30-28(39-16)22(15-49-30)32(46)47)19-11-18(34)4-5-25(19)48-9-8-43-17(2)40-24-12-23(33(35,36)37)29(21(13-38)27(24)31(43)45)42-7-6-41(3)26(44)14-42/h4-5,10-12,15H,6-9,14H2,1-3H3,(H,46,47). The number of carbonyl (C=O) groups excluding carboxylic acids is 1. The number of likely N-dealkylation sites (N-methyl/N-ethyl adjacent to an activating group) is 1. The summed E-state index contributed by atoms with van der Waals surface area (Å²) >= 11 is 7.57. The molecule has 0 aliphatic carbocycles. The van der Waals surface area contributed by atoms with E-state index in [-0.39, 0.29) is 48.5 Å². The molecule has 0 radical (unpaired) electrons. The van der Waals surface area contributed by atoms with Gasteiger partial charge in [-0.3, -0.25) is 19.1 Å². The average Bonchev–Trinajstić information content (AvgIpc) is 3.47. The molecule has 0 saturated carbocycles. The van der Waals surface area contributed by atoms with E-state index in [2.05, 4.69) is 9.97 Å². The fourth-order valence-electron chi connectivity index (χ4n) is 5.92. The molecule has 1 amide bonds. The van der Waals surface area contributed by atoms with Crippen molar-refractivity contribution in [1.82, 2.24) is 19.4 Å². The molecule has 6 rings (SSSR count). The van der Waals surface area contributed by atoms with Crippen LogP contribution in [0.3, 0.4) is 0 Å². The molecule has 1 aliphatic heterocycles. The molecule has 1 aliphatic rings. The third kappa shape index (κ3) is 6.13. The number of piperazine rings is 1. The molecule has 0 unspecified atom stereocenters. The van der Waals surface area contributed by atoms with Gasteiger partial charge < -0.3 is 19.6 Å². The zero-order valence-corrected chi connectivity index (χ0v) is 27.8. The number of thiophene rings is 1. The number of carboxylic acids is 1. The number of halogens is 4. The van der Waals surface area contributed by atoms with Gasteiger partial charge in [-0.25, -0.2) is 9.78 Å². The maximum atomic E-state index is 14.4. The first kappa shape index (κ1) is 33.7. The molecule has 3 aromatic heterocycles. The molecule has 1 N–H and O–H groups in total. The van der Waals surface area contributed by atoms with Crippen molar-refractivity contribution in [3.8, 4) is 22.9 Å². The maximum Gasteiger partial charge on any atom is 0.418 e. The van der Waals surface area contributed by atoms with E-state index in [1.54, 1.807) is 37.3 Å². The van der Waals surface area contributed by atoms with Gasteiger partial charge in [0.25, 0.3) is 5.56 Å². The number of aryl methyl sites for hydroxylation is 2. The summed E-state index contributed by atoms with van der Waals surface area (Å²) in [4.78, 5) is 49.4. The fraction of sp³-hybridized carbons (Fsp3) is 0.273. The van der Waals surface area contributed by atoms with E-state index < -0.39 is 47.0 Å². The van der Waals surface area contributed by atoms with Crippen molar-refractivity contribution in [2.24, 2.45) is 0 Å². The predicted molar refractivity (Wildman–Crippen MR) is 178 cm³/mol. The number of alkyl halides is 3. The van der Waals surface area contributed by atoms with Crippen molar-refractivity contribution in [2.45, 2.75) is 26.6 Å². The Bertz CT molecular complexity index is 2300. The fourth-order valence-corrected chi connectivity index (χ4v) is 7.10. The van der Waals surface area contributed by atoms with E-state index >= 15 is 0 Å². The van der Waals surface area contributed by atoms with Crippen molar-refractivity contribution in [2.75, 3.05) is 38.2 Å². The first-order valence-corrected chi connectivity index (χ1v) is 16.0. The molecule has 2 aromatic carbocycles. The van der Waals surface area contributed by atoms with Crippen LogP contribution in [0.1, 0.15) is 33.0 Å². The molecule has 0 spiro atoms. The number of aromatic carboxylic acids is 1. The lowest BCUT2D eigenvalue weighted by atomic mass is 10.00. The Morgan fingerprint density at radius 1 is 1.14 bits per heavy atom. The maximum absolute atomic E-state index is 14.4. The van der Waals surface area contributed by atoms with Gasteiger partial charge in [-0.2, -0.15) is 18.4 Å². The number of nitriles is 1. The Kier molecular flexibility index (Phi) is 8.72. The van der Waals surface area contributed by atoms with Crippen molar-refractivity contribution in [3.63, 3.8) is 0 Å². The normalized spacial score (nSPS) is 13.7. The molecule has 1 saturated heterocycles. The average molecular weight is 711 g/mol. The number of pyridine rings is 1. The number of ether oxygens (including phenoxy) is 1. The second-order valence-corrected chi connectivity index (χ2v) is 12.8. The van der Waals surface area contributed by atoms with Crippen molar-refractivity contribution in [3.05, 3.63) is 79.3 Å². The molecule has 5 aromatic rings. The summed E-state index contributed by atoms with van der Waals surface area (Å²) in [7, 11) is 1.53. The lowest BCUT2D eigenvalue weighted by molar-refractivity contribution is -0.137. The van der Waals surface area contributed by atoms with E-state index in [1.165, 1.54) is 45.1 Å². The van der Waals surface area contributed by atoms with Crippen LogP contribution < -0.4 is 15.2 Å². The van der Waals surface area contributed by atoms with Crippen LogP contribution in [-0.4, -0.2) is 69.7 Å². The molecule has 0 atom stereocenters. The summed E-state index contributed by atoms with van der Waals surface area (Å²) in [5.74, 6) is -1.06. The number of anilines is 1. The van der Waals surface area contributed by atoms with Gasteiger partial charge >= 0.3 is 12.1 Å². The molecule has 0 bridgehead atoms. The number of amides is 1. The van der Waals surface area contributed by atoms with Crippen molar-refractivity contribution < 1.29 is 32.6 Å². The van der Waals surface area contributed by atoms with Crippen LogP contribution in [0, 0.1) is 25.2 Å². The van der Waals surface area contributed by atoms with Crippen LogP contribution in [0.5, 0.6) is 5.75 Å². The van der Waals surface area contributed by atoms with Gasteiger partial charge in [0.2, 0.25) is 5.91 Å². The Hall–Kier alpha value is -5.20. The summed E-state index contributed by atoms with van der Waals surface area (Å²) in [6.45, 7) is 2.80. The van der Waals surface area contributed by atoms with Gasteiger partial charge in [0.15, 0.2) is 0 Å². The van der Waals surface area contributed by atoms with Crippen LogP contribution >= 0.6 is 22.9 Å².